The van der Waals surface area contributed by atoms with Crippen molar-refractivity contribution in [3.8, 4) is 11.5 Å². The second kappa shape index (κ2) is 10.1. The highest BCUT2D eigenvalue weighted by molar-refractivity contribution is 6.06. The van der Waals surface area contributed by atoms with Crippen molar-refractivity contribution in [1.29, 1.82) is 0 Å². The number of nitrogens with zero attached hydrogens (tertiary/aromatic N) is 2. The molecule has 0 spiro atoms. The Hall–Kier alpha value is -3.15. The number of allylic oxidation sites excluding steroid dienone is 2. The Labute approximate surface area is 231 Å². The number of aromatic nitrogens is 2. The number of hydrogen-bond donors (Lipinski definition) is 0. The molecule has 0 amide bonds. The van der Waals surface area contributed by atoms with E-state index in [1.807, 2.05) is 41.4 Å². The molecule has 1 aromatic heterocycles. The Morgan fingerprint density at radius 1 is 1.08 bits per heavy atom. The summed E-state index contributed by atoms with van der Waals surface area (Å²) in [6.45, 7) is 6.05. The Bertz CT molecular complexity index is 1330. The Morgan fingerprint density at radius 3 is 2.74 bits per heavy atom. The summed E-state index contributed by atoms with van der Waals surface area (Å²) in [5, 5.41) is 0. The van der Waals surface area contributed by atoms with Gasteiger partial charge in [0.2, 0.25) is 0 Å². The number of aryl methyl sites for hydroxylation is 1. The van der Waals surface area contributed by atoms with E-state index in [4.69, 9.17) is 9.47 Å². The van der Waals surface area contributed by atoms with Crippen LogP contribution in [0.3, 0.4) is 0 Å². The fourth-order valence-electron chi connectivity index (χ4n) is 8.30. The lowest BCUT2D eigenvalue weighted by atomic mass is 9.47. The minimum atomic E-state index is -0.280. The molecule has 1 heterocycles. The summed E-state index contributed by atoms with van der Waals surface area (Å²) in [4.78, 5) is 30.1. The van der Waals surface area contributed by atoms with E-state index in [0.717, 1.165) is 68.4 Å². The van der Waals surface area contributed by atoms with Crippen LogP contribution in [0.15, 0.2) is 54.1 Å². The summed E-state index contributed by atoms with van der Waals surface area (Å²) in [6.07, 6.45) is 17.1. The van der Waals surface area contributed by atoms with Gasteiger partial charge in [-0.25, -0.2) is 4.98 Å². The van der Waals surface area contributed by atoms with Crippen LogP contribution in [0.4, 0.5) is 0 Å². The van der Waals surface area contributed by atoms with E-state index in [1.54, 1.807) is 13.3 Å². The van der Waals surface area contributed by atoms with E-state index in [0.29, 0.717) is 48.1 Å². The maximum Gasteiger partial charge on any atom is 0.165 e. The van der Waals surface area contributed by atoms with Crippen molar-refractivity contribution < 1.29 is 19.1 Å². The molecule has 6 rings (SSSR count). The minimum Gasteiger partial charge on any atom is -0.493 e. The van der Waals surface area contributed by atoms with E-state index >= 15 is 0 Å². The first-order valence-corrected chi connectivity index (χ1v) is 14.6. The van der Waals surface area contributed by atoms with Gasteiger partial charge in [0, 0.05) is 30.8 Å². The third kappa shape index (κ3) is 4.56. The molecule has 1 aromatic carbocycles. The number of ketones is 2. The van der Waals surface area contributed by atoms with Crippen LogP contribution in [0.1, 0.15) is 70.8 Å². The molecule has 6 nitrogen and oxygen atoms in total. The number of Topliss-reactive ketones (excluding diaryl/α,β-unsaturated/α-hetero) is 1. The second-order valence-corrected chi connectivity index (χ2v) is 12.5. The van der Waals surface area contributed by atoms with E-state index in [-0.39, 0.29) is 10.8 Å². The van der Waals surface area contributed by atoms with Gasteiger partial charge in [-0.2, -0.15) is 0 Å². The van der Waals surface area contributed by atoms with Gasteiger partial charge in [-0.15, -0.1) is 0 Å². The highest BCUT2D eigenvalue weighted by atomic mass is 16.5. The maximum absolute atomic E-state index is 13.9. The van der Waals surface area contributed by atoms with Gasteiger partial charge >= 0.3 is 0 Å². The first-order valence-electron chi connectivity index (χ1n) is 14.6. The highest BCUT2D eigenvalue weighted by Crippen LogP contribution is 2.65. The van der Waals surface area contributed by atoms with Gasteiger partial charge in [-0.3, -0.25) is 9.59 Å². The molecule has 206 valence electrons. The third-order valence-electron chi connectivity index (χ3n) is 10.5. The Balaban J connectivity index is 1.18. The molecular formula is C33H40N2O4. The number of hydrogen-bond acceptors (Lipinski definition) is 5. The average molecular weight is 529 g/mol. The quantitative estimate of drug-likeness (QED) is 0.305. The smallest absolute Gasteiger partial charge is 0.165 e. The van der Waals surface area contributed by atoms with E-state index < -0.39 is 0 Å². The predicted octanol–water partition coefficient (Wildman–Crippen LogP) is 6.46. The number of rotatable bonds is 7. The lowest BCUT2D eigenvalue weighted by molar-refractivity contribution is -0.130. The first-order chi connectivity index (χ1) is 18.8. The molecule has 3 unspecified atom stereocenters. The molecule has 3 saturated carbocycles. The van der Waals surface area contributed by atoms with Gasteiger partial charge in [-0.1, -0.05) is 25.5 Å². The average Bonchev–Trinajstić information content (AvgIpc) is 3.54. The molecule has 39 heavy (non-hydrogen) atoms. The summed E-state index contributed by atoms with van der Waals surface area (Å²) in [7, 11) is 1.66. The lowest BCUT2D eigenvalue weighted by Crippen LogP contribution is -2.50. The van der Waals surface area contributed by atoms with Gasteiger partial charge in [0.25, 0.3) is 0 Å². The molecule has 0 aliphatic heterocycles. The summed E-state index contributed by atoms with van der Waals surface area (Å²) < 4.78 is 13.7. The number of imidazole rings is 1. The molecule has 4 aliphatic carbocycles. The zero-order valence-electron chi connectivity index (χ0n) is 23.4. The Kier molecular flexibility index (Phi) is 6.76. The monoisotopic (exact) mass is 528 g/mol. The molecule has 0 bridgehead atoms. The van der Waals surface area contributed by atoms with Crippen LogP contribution < -0.4 is 9.47 Å². The van der Waals surface area contributed by atoms with E-state index in [2.05, 4.69) is 24.9 Å². The van der Waals surface area contributed by atoms with Crippen LogP contribution in [0, 0.1) is 28.6 Å². The summed E-state index contributed by atoms with van der Waals surface area (Å²) in [5.41, 5.74) is 3.14. The number of fused-ring (bicyclic) bond motifs is 5. The zero-order chi connectivity index (χ0) is 27.2. The number of carbonyl (C=O) groups is 2. The normalized spacial score (nSPS) is 32.8. The van der Waals surface area contributed by atoms with Gasteiger partial charge in [-0.05, 0) is 104 Å². The minimum absolute atomic E-state index is 0.121. The highest BCUT2D eigenvalue weighted by Gasteiger charge is 2.60. The van der Waals surface area contributed by atoms with Crippen molar-refractivity contribution in [2.75, 3.05) is 13.7 Å². The van der Waals surface area contributed by atoms with Crippen molar-refractivity contribution in [3.05, 3.63) is 59.7 Å². The van der Waals surface area contributed by atoms with Gasteiger partial charge in [0.15, 0.2) is 23.1 Å². The second-order valence-electron chi connectivity index (χ2n) is 12.5. The lowest BCUT2D eigenvalue weighted by Gasteiger charge is -2.56. The molecule has 2 aromatic rings. The Morgan fingerprint density at radius 2 is 1.95 bits per heavy atom. The van der Waals surface area contributed by atoms with Crippen molar-refractivity contribution >= 4 is 17.6 Å². The van der Waals surface area contributed by atoms with Crippen LogP contribution in [-0.4, -0.2) is 34.8 Å². The van der Waals surface area contributed by atoms with Crippen LogP contribution in [-0.2, 0) is 16.1 Å². The fraction of sp³-hybridized carbons (Fsp3) is 0.545. The molecule has 0 radical (unpaired) electrons. The molecule has 5 atom stereocenters. The van der Waals surface area contributed by atoms with Crippen molar-refractivity contribution in [1.82, 2.24) is 9.55 Å². The van der Waals surface area contributed by atoms with Crippen LogP contribution in [0.2, 0.25) is 0 Å². The summed E-state index contributed by atoms with van der Waals surface area (Å²) in [6, 6.07) is 5.96. The maximum atomic E-state index is 13.9. The molecule has 0 N–H and O–H groups in total. The summed E-state index contributed by atoms with van der Waals surface area (Å²) >= 11 is 0. The molecule has 6 heteroatoms. The predicted molar refractivity (Wildman–Crippen MR) is 150 cm³/mol. The zero-order valence-corrected chi connectivity index (χ0v) is 23.4. The van der Waals surface area contributed by atoms with Crippen LogP contribution in [0.5, 0.6) is 11.5 Å². The number of benzene rings is 1. The number of carbonyl (C=O) groups excluding carboxylic acids is 2. The van der Waals surface area contributed by atoms with Crippen LogP contribution >= 0.6 is 0 Å². The number of methoxy groups -OCH3 is 1. The topological polar surface area (TPSA) is 70.4 Å². The molecule has 0 saturated heterocycles. The first kappa shape index (κ1) is 26.1. The SMILES string of the molecule is COc1cc(C=C2CC3C4CCC5=CC(=O)CC[C@]5(C)C4CC[C@]3(C)C2=O)ccc1OCCCn1ccnc1. The third-order valence-corrected chi connectivity index (χ3v) is 10.5. The molecule has 4 aliphatic rings. The van der Waals surface area contributed by atoms with E-state index in [1.165, 1.54) is 5.57 Å². The molecule has 3 fully saturated rings. The van der Waals surface area contributed by atoms with Gasteiger partial charge < -0.3 is 14.0 Å². The van der Waals surface area contributed by atoms with Gasteiger partial charge in [0.05, 0.1) is 20.0 Å². The fourth-order valence-corrected chi connectivity index (χ4v) is 8.30. The van der Waals surface area contributed by atoms with Crippen molar-refractivity contribution in [2.24, 2.45) is 28.6 Å². The van der Waals surface area contributed by atoms with Crippen molar-refractivity contribution in [3.63, 3.8) is 0 Å². The standard InChI is InChI=1S/C33H40N2O4/c1-32-11-9-25(36)20-24(32)6-7-26-27(32)10-12-33(2)28(26)19-23(31(33)37)17-22-5-8-29(30(18-22)38-3)39-16-4-14-35-15-13-34-21-35/h5,8,13,15,17-18,20-21,26-28H,4,6-7,9-12,14,16,19H2,1-3H3/t26?,27?,28?,32-,33-/m0/s1. The number of ether oxygens (including phenoxy) is 2. The van der Waals surface area contributed by atoms with Crippen LogP contribution in [0.25, 0.3) is 6.08 Å². The summed E-state index contributed by atoms with van der Waals surface area (Å²) in [5.74, 6) is 3.53. The van der Waals surface area contributed by atoms with Crippen molar-refractivity contribution in [2.45, 2.75) is 71.8 Å². The molecular weight excluding hydrogens is 488 g/mol. The van der Waals surface area contributed by atoms with Gasteiger partial charge in [0.1, 0.15) is 0 Å². The largest absolute Gasteiger partial charge is 0.493 e. The van der Waals surface area contributed by atoms with E-state index in [9.17, 15) is 9.59 Å².